The zero-order valence-electron chi connectivity index (χ0n) is 10.9. The fraction of sp³-hybridized carbons (Fsp3) is 0.0625. The second kappa shape index (κ2) is 5.48. The highest BCUT2D eigenvalue weighted by Gasteiger charge is 1.98. The van der Waals surface area contributed by atoms with Crippen molar-refractivity contribution in [3.05, 3.63) is 72.6 Å². The maximum absolute atomic E-state index is 9.23. The van der Waals surface area contributed by atoms with E-state index >= 15 is 0 Å². The predicted molar refractivity (Wildman–Crippen MR) is 79.0 cm³/mol. The lowest BCUT2D eigenvalue weighted by Crippen LogP contribution is -2.00. The molecule has 1 heterocycles. The van der Waals surface area contributed by atoms with Crippen LogP contribution in [0.5, 0.6) is 5.75 Å². The summed E-state index contributed by atoms with van der Waals surface area (Å²) in [5, 5.41) is 16.7. The highest BCUT2D eigenvalue weighted by Crippen LogP contribution is 2.15. The van der Waals surface area contributed by atoms with Crippen molar-refractivity contribution >= 4 is 5.69 Å². The van der Waals surface area contributed by atoms with Crippen LogP contribution in [0.2, 0.25) is 0 Å². The van der Waals surface area contributed by atoms with Gasteiger partial charge in [-0.3, -0.25) is 0 Å². The van der Waals surface area contributed by atoms with Gasteiger partial charge in [-0.25, -0.2) is 4.68 Å². The number of nitrogens with zero attached hydrogens (tertiary/aromatic N) is 2. The Bertz CT molecular complexity index is 658. The van der Waals surface area contributed by atoms with Crippen LogP contribution in [-0.4, -0.2) is 14.9 Å². The molecule has 100 valence electrons. The second-order valence-electron chi connectivity index (χ2n) is 4.52. The highest BCUT2D eigenvalue weighted by atomic mass is 16.3. The van der Waals surface area contributed by atoms with E-state index in [9.17, 15) is 5.11 Å². The first-order valence-corrected chi connectivity index (χ1v) is 6.43. The molecule has 0 radical (unpaired) electrons. The molecule has 2 N–H and O–H groups in total. The number of phenols is 1. The summed E-state index contributed by atoms with van der Waals surface area (Å²) in [6, 6.07) is 17.2. The van der Waals surface area contributed by atoms with Crippen molar-refractivity contribution in [1.82, 2.24) is 9.78 Å². The molecule has 2 aromatic carbocycles. The summed E-state index contributed by atoms with van der Waals surface area (Å²) in [5.74, 6) is 0.277. The van der Waals surface area contributed by atoms with E-state index < -0.39 is 0 Å². The summed E-state index contributed by atoms with van der Waals surface area (Å²) < 4.78 is 1.83. The Balaban J connectivity index is 1.65. The summed E-state index contributed by atoms with van der Waals surface area (Å²) in [5.41, 5.74) is 3.22. The summed E-state index contributed by atoms with van der Waals surface area (Å²) in [6.45, 7) is 0.740. The molecule has 0 aliphatic carbocycles. The van der Waals surface area contributed by atoms with Crippen molar-refractivity contribution in [2.24, 2.45) is 0 Å². The molecule has 0 atom stereocenters. The third-order valence-electron chi connectivity index (χ3n) is 3.07. The Labute approximate surface area is 117 Å². The lowest BCUT2D eigenvalue weighted by molar-refractivity contribution is 0.475. The van der Waals surface area contributed by atoms with Crippen LogP contribution >= 0.6 is 0 Å². The molecule has 4 heteroatoms. The van der Waals surface area contributed by atoms with E-state index in [1.54, 1.807) is 18.3 Å². The first-order chi connectivity index (χ1) is 9.81. The van der Waals surface area contributed by atoms with Crippen molar-refractivity contribution in [3.8, 4) is 11.4 Å². The Morgan fingerprint density at radius 3 is 2.40 bits per heavy atom. The first-order valence-electron chi connectivity index (χ1n) is 6.43. The van der Waals surface area contributed by atoms with Crippen molar-refractivity contribution < 1.29 is 5.11 Å². The van der Waals surface area contributed by atoms with E-state index in [0.29, 0.717) is 0 Å². The summed E-state index contributed by atoms with van der Waals surface area (Å²) in [4.78, 5) is 0. The highest BCUT2D eigenvalue weighted by molar-refractivity contribution is 5.46. The number of phenolic OH excluding ortho intramolecular Hbond substituents is 1. The normalized spacial score (nSPS) is 10.4. The van der Waals surface area contributed by atoms with Gasteiger partial charge in [-0.2, -0.15) is 5.10 Å². The molecule has 0 fully saturated rings. The third-order valence-corrected chi connectivity index (χ3v) is 3.07. The molecule has 0 saturated heterocycles. The van der Waals surface area contributed by atoms with Gasteiger partial charge in [0, 0.05) is 24.6 Å². The first kappa shape index (κ1) is 12.3. The fourth-order valence-electron chi connectivity index (χ4n) is 1.97. The van der Waals surface area contributed by atoms with Gasteiger partial charge < -0.3 is 10.4 Å². The predicted octanol–water partition coefficient (Wildman–Crippen LogP) is 3.19. The molecular weight excluding hydrogens is 250 g/mol. The second-order valence-corrected chi connectivity index (χ2v) is 4.52. The molecule has 4 nitrogen and oxygen atoms in total. The van der Waals surface area contributed by atoms with Gasteiger partial charge in [-0.15, -0.1) is 0 Å². The van der Waals surface area contributed by atoms with Crippen molar-refractivity contribution in [1.29, 1.82) is 0 Å². The lowest BCUT2D eigenvalue weighted by atomic mass is 10.2. The zero-order valence-corrected chi connectivity index (χ0v) is 10.9. The van der Waals surface area contributed by atoms with E-state index in [-0.39, 0.29) is 5.75 Å². The lowest BCUT2D eigenvalue weighted by Gasteiger charge is -2.08. The van der Waals surface area contributed by atoms with E-state index in [0.717, 1.165) is 17.9 Å². The molecule has 0 amide bonds. The van der Waals surface area contributed by atoms with E-state index in [2.05, 4.69) is 22.5 Å². The molecular formula is C16H15N3O. The molecule has 1 aromatic heterocycles. The minimum absolute atomic E-state index is 0.277. The number of rotatable bonds is 4. The van der Waals surface area contributed by atoms with Crippen LogP contribution in [0.15, 0.2) is 67.0 Å². The van der Waals surface area contributed by atoms with Gasteiger partial charge in [0.2, 0.25) is 0 Å². The van der Waals surface area contributed by atoms with Gasteiger partial charge in [0.15, 0.2) is 0 Å². The van der Waals surface area contributed by atoms with Crippen molar-refractivity contribution in [2.75, 3.05) is 5.32 Å². The molecule has 0 aliphatic heterocycles. The topological polar surface area (TPSA) is 50.1 Å². The Morgan fingerprint density at radius 2 is 1.75 bits per heavy atom. The molecule has 0 spiro atoms. The van der Waals surface area contributed by atoms with Crippen molar-refractivity contribution in [3.63, 3.8) is 0 Å². The van der Waals surface area contributed by atoms with Gasteiger partial charge in [0.1, 0.15) is 5.75 Å². The molecule has 20 heavy (non-hydrogen) atoms. The van der Waals surface area contributed by atoms with Crippen LogP contribution in [0, 0.1) is 0 Å². The number of benzene rings is 2. The van der Waals surface area contributed by atoms with Crippen molar-refractivity contribution in [2.45, 2.75) is 6.54 Å². The van der Waals surface area contributed by atoms with E-state index in [4.69, 9.17) is 0 Å². The van der Waals surface area contributed by atoms with Gasteiger partial charge in [0.25, 0.3) is 0 Å². The zero-order chi connectivity index (χ0) is 13.8. The van der Waals surface area contributed by atoms with Crippen LogP contribution in [-0.2, 0) is 6.54 Å². The van der Waals surface area contributed by atoms with Gasteiger partial charge >= 0.3 is 0 Å². The average molecular weight is 265 g/mol. The van der Waals surface area contributed by atoms with E-state index in [1.807, 2.05) is 41.2 Å². The van der Waals surface area contributed by atoms with Crippen LogP contribution in [0.25, 0.3) is 5.69 Å². The SMILES string of the molecule is Oc1ccc(NCc2ccc(-n3cccn3)cc2)cc1. The Kier molecular flexibility index (Phi) is 3.37. The molecule has 0 unspecified atom stereocenters. The fourth-order valence-corrected chi connectivity index (χ4v) is 1.97. The molecule has 0 aliphatic rings. The standard InChI is InChI=1S/C16H15N3O/c20-16-8-4-14(5-9-16)17-12-13-2-6-15(7-3-13)19-11-1-10-18-19/h1-11,17,20H,12H2. The number of hydrogen-bond donors (Lipinski definition) is 2. The van der Waals surface area contributed by atoms with Crippen LogP contribution in [0.4, 0.5) is 5.69 Å². The monoisotopic (exact) mass is 265 g/mol. The smallest absolute Gasteiger partial charge is 0.115 e. The maximum atomic E-state index is 9.23. The molecule has 0 saturated carbocycles. The van der Waals surface area contributed by atoms with Gasteiger partial charge in [-0.1, -0.05) is 12.1 Å². The number of aromatic nitrogens is 2. The minimum Gasteiger partial charge on any atom is -0.508 e. The largest absolute Gasteiger partial charge is 0.508 e. The molecule has 0 bridgehead atoms. The van der Waals surface area contributed by atoms with Crippen LogP contribution in [0.3, 0.4) is 0 Å². The van der Waals surface area contributed by atoms with Gasteiger partial charge in [0.05, 0.1) is 5.69 Å². The Hall–Kier alpha value is -2.75. The molecule has 3 aromatic rings. The summed E-state index contributed by atoms with van der Waals surface area (Å²) >= 11 is 0. The maximum Gasteiger partial charge on any atom is 0.115 e. The number of aromatic hydroxyl groups is 1. The van der Waals surface area contributed by atoms with Gasteiger partial charge in [-0.05, 0) is 48.0 Å². The average Bonchev–Trinajstić information content (AvgIpc) is 3.01. The number of nitrogens with one attached hydrogen (secondary N) is 1. The Morgan fingerprint density at radius 1 is 1.00 bits per heavy atom. The number of anilines is 1. The number of hydrogen-bond acceptors (Lipinski definition) is 3. The van der Waals surface area contributed by atoms with Crippen LogP contribution in [0.1, 0.15) is 5.56 Å². The minimum atomic E-state index is 0.277. The van der Waals surface area contributed by atoms with Crippen LogP contribution < -0.4 is 5.32 Å². The molecule has 3 rings (SSSR count). The summed E-state index contributed by atoms with van der Waals surface area (Å²) in [7, 11) is 0. The quantitative estimate of drug-likeness (QED) is 0.712. The summed E-state index contributed by atoms with van der Waals surface area (Å²) in [6.07, 6.45) is 3.68. The van der Waals surface area contributed by atoms with E-state index in [1.165, 1.54) is 5.56 Å². The third kappa shape index (κ3) is 2.80.